The zero-order chi connectivity index (χ0) is 15.8. The van der Waals surface area contributed by atoms with Crippen LogP contribution in [0.1, 0.15) is 34.7 Å². The molecule has 0 bridgehead atoms. The molecule has 2 aromatic carbocycles. The van der Waals surface area contributed by atoms with Gasteiger partial charge in [-0.2, -0.15) is 0 Å². The molecule has 0 spiro atoms. The van der Waals surface area contributed by atoms with Gasteiger partial charge in [0.2, 0.25) is 0 Å². The third-order valence-corrected chi connectivity index (χ3v) is 3.81. The van der Waals surface area contributed by atoms with Gasteiger partial charge in [0.25, 0.3) is 0 Å². The molecule has 112 valence electrons. The molecule has 0 amide bonds. The van der Waals surface area contributed by atoms with E-state index in [1.54, 1.807) is 24.3 Å². The first kappa shape index (κ1) is 16.2. The Bertz CT molecular complexity index is 662. The summed E-state index contributed by atoms with van der Waals surface area (Å²) >= 11 is 6.01. The largest absolute Gasteiger partial charge is 0.303 e. The van der Waals surface area contributed by atoms with E-state index in [9.17, 15) is 9.59 Å². The minimum absolute atomic E-state index is 0.0917. The number of ketones is 1. The van der Waals surface area contributed by atoms with E-state index in [1.807, 2.05) is 36.4 Å². The molecule has 1 atom stereocenters. The smallest absolute Gasteiger partial charge is 0.187 e. The van der Waals surface area contributed by atoms with Crippen LogP contribution in [0, 0.1) is 0 Å². The molecule has 0 radical (unpaired) electrons. The summed E-state index contributed by atoms with van der Waals surface area (Å²) in [5.41, 5.74) is 1.59. The van der Waals surface area contributed by atoms with Crippen molar-refractivity contribution in [1.29, 1.82) is 0 Å². The van der Waals surface area contributed by atoms with Crippen LogP contribution in [0.4, 0.5) is 0 Å². The Balaban J connectivity index is 2.05. The van der Waals surface area contributed by atoms with E-state index in [2.05, 4.69) is 0 Å². The lowest BCUT2D eigenvalue weighted by Crippen LogP contribution is -1.99. The molecular weight excluding hydrogens is 296 g/mol. The summed E-state index contributed by atoms with van der Waals surface area (Å²) in [6, 6.07) is 16.8. The van der Waals surface area contributed by atoms with Crippen molar-refractivity contribution in [3.8, 4) is 0 Å². The van der Waals surface area contributed by atoms with E-state index in [-0.39, 0.29) is 11.7 Å². The summed E-state index contributed by atoms with van der Waals surface area (Å²) in [5, 5.41) is 0.449. The number of allylic oxidation sites excluding steroid dienone is 2. The number of rotatable bonds is 7. The molecule has 0 unspecified atom stereocenters. The summed E-state index contributed by atoms with van der Waals surface area (Å²) < 4.78 is 0. The fourth-order valence-electron chi connectivity index (χ4n) is 2.30. The Morgan fingerprint density at radius 2 is 1.68 bits per heavy atom. The molecule has 0 aliphatic carbocycles. The fraction of sp³-hybridized carbons (Fsp3) is 0.158. The molecular formula is C19H17ClO2. The van der Waals surface area contributed by atoms with Gasteiger partial charge in [-0.25, -0.2) is 0 Å². The van der Waals surface area contributed by atoms with Gasteiger partial charge in [0.15, 0.2) is 5.78 Å². The van der Waals surface area contributed by atoms with Gasteiger partial charge in [-0.1, -0.05) is 60.1 Å². The minimum atomic E-state index is -0.122. The van der Waals surface area contributed by atoms with Crippen LogP contribution < -0.4 is 0 Å². The van der Waals surface area contributed by atoms with Crippen LogP contribution in [-0.2, 0) is 4.79 Å². The summed E-state index contributed by atoms with van der Waals surface area (Å²) in [6.07, 6.45) is 5.34. The number of hydrogen-bond donors (Lipinski definition) is 0. The van der Waals surface area contributed by atoms with Gasteiger partial charge >= 0.3 is 0 Å². The lowest BCUT2D eigenvalue weighted by atomic mass is 9.93. The van der Waals surface area contributed by atoms with Crippen molar-refractivity contribution >= 4 is 23.7 Å². The van der Waals surface area contributed by atoms with E-state index in [0.29, 0.717) is 23.4 Å². The Morgan fingerprint density at radius 1 is 1.00 bits per heavy atom. The molecule has 0 aromatic heterocycles. The SMILES string of the molecule is O=CC[C@@H](C/C=C/C(=O)c1ccccc1Cl)c1ccccc1. The lowest BCUT2D eigenvalue weighted by molar-refractivity contribution is -0.108. The number of carbonyl (C=O) groups excluding carboxylic acids is 2. The van der Waals surface area contributed by atoms with Crippen LogP contribution in [0.5, 0.6) is 0 Å². The number of carbonyl (C=O) groups is 2. The Kier molecular flexibility index (Phi) is 6.11. The van der Waals surface area contributed by atoms with Crippen LogP contribution in [0.25, 0.3) is 0 Å². The van der Waals surface area contributed by atoms with E-state index >= 15 is 0 Å². The van der Waals surface area contributed by atoms with Crippen LogP contribution in [0.15, 0.2) is 66.7 Å². The fourth-order valence-corrected chi connectivity index (χ4v) is 2.53. The molecule has 0 aliphatic rings. The first-order valence-corrected chi connectivity index (χ1v) is 7.54. The van der Waals surface area contributed by atoms with Gasteiger partial charge in [-0.15, -0.1) is 0 Å². The van der Waals surface area contributed by atoms with Crippen molar-refractivity contribution < 1.29 is 9.59 Å². The van der Waals surface area contributed by atoms with Gasteiger partial charge in [0, 0.05) is 12.0 Å². The second-order valence-electron chi connectivity index (χ2n) is 4.99. The number of benzene rings is 2. The summed E-state index contributed by atoms with van der Waals surface area (Å²) in [7, 11) is 0. The van der Waals surface area contributed by atoms with Gasteiger partial charge < -0.3 is 4.79 Å². The second-order valence-corrected chi connectivity index (χ2v) is 5.40. The topological polar surface area (TPSA) is 34.1 Å². The molecule has 2 nitrogen and oxygen atoms in total. The molecule has 0 aliphatic heterocycles. The zero-order valence-corrected chi connectivity index (χ0v) is 12.9. The maximum absolute atomic E-state index is 12.1. The van der Waals surface area contributed by atoms with Crippen molar-refractivity contribution in [2.24, 2.45) is 0 Å². The number of hydrogen-bond acceptors (Lipinski definition) is 2. The maximum Gasteiger partial charge on any atom is 0.187 e. The normalized spacial score (nSPS) is 12.2. The highest BCUT2D eigenvalue weighted by Crippen LogP contribution is 2.23. The molecule has 22 heavy (non-hydrogen) atoms. The van der Waals surface area contributed by atoms with Gasteiger partial charge in [0.1, 0.15) is 6.29 Å². The Morgan fingerprint density at radius 3 is 2.36 bits per heavy atom. The van der Waals surface area contributed by atoms with Crippen molar-refractivity contribution in [3.63, 3.8) is 0 Å². The first-order chi connectivity index (χ1) is 10.7. The highest BCUT2D eigenvalue weighted by molar-refractivity contribution is 6.34. The monoisotopic (exact) mass is 312 g/mol. The summed E-state index contributed by atoms with van der Waals surface area (Å²) in [4.78, 5) is 22.9. The predicted molar refractivity (Wildman–Crippen MR) is 89.4 cm³/mol. The molecule has 2 rings (SSSR count). The van der Waals surface area contributed by atoms with Gasteiger partial charge in [-0.05, 0) is 36.1 Å². The first-order valence-electron chi connectivity index (χ1n) is 7.16. The quantitative estimate of drug-likeness (QED) is 0.416. The average molecular weight is 313 g/mol. The number of aldehydes is 1. The van der Waals surface area contributed by atoms with Gasteiger partial charge in [-0.3, -0.25) is 4.79 Å². The van der Waals surface area contributed by atoms with E-state index in [1.165, 1.54) is 6.08 Å². The van der Waals surface area contributed by atoms with Crippen LogP contribution in [-0.4, -0.2) is 12.1 Å². The van der Waals surface area contributed by atoms with E-state index in [4.69, 9.17) is 11.6 Å². The van der Waals surface area contributed by atoms with E-state index in [0.717, 1.165) is 11.8 Å². The minimum Gasteiger partial charge on any atom is -0.303 e. The highest BCUT2D eigenvalue weighted by atomic mass is 35.5. The van der Waals surface area contributed by atoms with Gasteiger partial charge in [0.05, 0.1) is 5.02 Å². The Hall–Kier alpha value is -2.19. The van der Waals surface area contributed by atoms with Crippen molar-refractivity contribution in [2.75, 3.05) is 0 Å². The van der Waals surface area contributed by atoms with Crippen molar-refractivity contribution in [1.82, 2.24) is 0 Å². The number of halogens is 1. The molecule has 0 saturated carbocycles. The summed E-state index contributed by atoms with van der Waals surface area (Å²) in [6.45, 7) is 0. The average Bonchev–Trinajstić information content (AvgIpc) is 2.55. The van der Waals surface area contributed by atoms with Crippen LogP contribution >= 0.6 is 11.6 Å². The Labute approximate surface area is 135 Å². The standard InChI is InChI=1S/C19H17ClO2/c20-18-11-5-4-10-17(18)19(22)12-6-9-16(13-14-21)15-7-2-1-3-8-15/h1-8,10-12,14,16H,9,13H2/b12-6+/t16-/m1/s1. The molecule has 0 fully saturated rings. The van der Waals surface area contributed by atoms with Crippen molar-refractivity contribution in [3.05, 3.63) is 82.9 Å². The van der Waals surface area contributed by atoms with Crippen LogP contribution in [0.3, 0.4) is 0 Å². The highest BCUT2D eigenvalue weighted by Gasteiger charge is 2.10. The third kappa shape index (κ3) is 4.40. The third-order valence-electron chi connectivity index (χ3n) is 3.48. The maximum atomic E-state index is 12.1. The van der Waals surface area contributed by atoms with Crippen molar-refractivity contribution in [2.45, 2.75) is 18.8 Å². The molecule has 2 aromatic rings. The predicted octanol–water partition coefficient (Wildman–Crippen LogP) is 4.84. The molecule has 3 heteroatoms. The van der Waals surface area contributed by atoms with Crippen LogP contribution in [0.2, 0.25) is 5.02 Å². The molecule has 0 heterocycles. The summed E-state index contributed by atoms with van der Waals surface area (Å²) in [5.74, 6) is -0.0301. The zero-order valence-electron chi connectivity index (χ0n) is 12.1. The van der Waals surface area contributed by atoms with E-state index < -0.39 is 0 Å². The lowest BCUT2D eigenvalue weighted by Gasteiger charge is -2.11. The molecule has 0 N–H and O–H groups in total. The molecule has 0 saturated heterocycles. The second kappa shape index (κ2) is 8.30.